The number of hydrogen-bond acceptors (Lipinski definition) is 22. The van der Waals surface area contributed by atoms with E-state index in [0.29, 0.717) is 32.1 Å². The van der Waals surface area contributed by atoms with Crippen molar-refractivity contribution in [3.63, 3.8) is 0 Å². The number of aliphatic hydroxyl groups is 13. The molecule has 430 valence electrons. The van der Waals surface area contributed by atoms with Crippen LogP contribution in [0.4, 0.5) is 0 Å². The first kappa shape index (κ1) is 58.1. The van der Waals surface area contributed by atoms with Crippen LogP contribution in [-0.2, 0) is 42.7 Å². The molecule has 13 N–H and O–H groups in total. The van der Waals surface area contributed by atoms with Gasteiger partial charge in [-0.25, -0.2) is 0 Å². The van der Waals surface area contributed by atoms with Crippen molar-refractivity contribution in [3.8, 4) is 0 Å². The Morgan fingerprint density at radius 2 is 1.21 bits per heavy atom. The van der Waals surface area contributed by atoms with Gasteiger partial charge >= 0.3 is 5.97 Å². The van der Waals surface area contributed by atoms with Gasteiger partial charge in [0.25, 0.3) is 0 Å². The predicted octanol–water partition coefficient (Wildman–Crippen LogP) is -1.40. The minimum atomic E-state index is -1.85. The van der Waals surface area contributed by atoms with Crippen molar-refractivity contribution in [3.05, 3.63) is 11.6 Å². The Hall–Kier alpha value is -1.59. The van der Waals surface area contributed by atoms with Gasteiger partial charge < -0.3 is 104 Å². The van der Waals surface area contributed by atoms with Gasteiger partial charge in [0.15, 0.2) is 18.9 Å². The van der Waals surface area contributed by atoms with Gasteiger partial charge in [-0.15, -0.1) is 0 Å². The van der Waals surface area contributed by atoms with Crippen LogP contribution in [0.2, 0.25) is 0 Å². The second-order valence-electron chi connectivity index (χ2n) is 25.7. The third kappa shape index (κ3) is 9.40. The highest BCUT2D eigenvalue weighted by Gasteiger charge is 2.71. The first-order valence-corrected chi connectivity index (χ1v) is 27.3. The van der Waals surface area contributed by atoms with Crippen molar-refractivity contribution >= 4 is 5.97 Å². The van der Waals surface area contributed by atoms with Crippen molar-refractivity contribution in [2.45, 2.75) is 235 Å². The van der Waals surface area contributed by atoms with E-state index in [2.05, 4.69) is 40.7 Å². The number of allylic oxidation sites excluding steroid dienone is 2. The molecule has 0 aromatic rings. The summed E-state index contributed by atoms with van der Waals surface area (Å²) in [5.41, 5.74) is -1.57. The second-order valence-corrected chi connectivity index (χ2v) is 25.7. The van der Waals surface area contributed by atoms with Gasteiger partial charge in [0.1, 0.15) is 85.5 Å². The number of ether oxygens (including phenoxy) is 8. The fourth-order valence-electron chi connectivity index (χ4n) is 16.2. The zero-order valence-electron chi connectivity index (χ0n) is 44.2. The molecule has 4 saturated heterocycles. The number of carbonyl (C=O) groups is 1. The molecule has 0 radical (unpaired) electrons. The van der Waals surface area contributed by atoms with E-state index in [1.165, 1.54) is 12.5 Å². The first-order valence-electron chi connectivity index (χ1n) is 27.3. The van der Waals surface area contributed by atoms with E-state index in [-0.39, 0.29) is 52.6 Å². The molecule has 75 heavy (non-hydrogen) atoms. The average molecular weight is 1080 g/mol. The summed E-state index contributed by atoms with van der Waals surface area (Å²) in [6.07, 6.45) is -21.5. The zero-order chi connectivity index (χ0) is 54.7. The third-order valence-corrected chi connectivity index (χ3v) is 21.1. The summed E-state index contributed by atoms with van der Waals surface area (Å²) >= 11 is 0. The monoisotopic (exact) mass is 1070 g/mol. The molecule has 0 unspecified atom stereocenters. The summed E-state index contributed by atoms with van der Waals surface area (Å²) in [7, 11) is 0. The Labute approximate surface area is 437 Å². The summed E-state index contributed by atoms with van der Waals surface area (Å²) in [5.74, 6) is -0.636. The maximum absolute atomic E-state index is 14.8. The topological polar surface area (TPSA) is 354 Å². The number of rotatable bonds is 11. The van der Waals surface area contributed by atoms with Gasteiger partial charge in [-0.3, -0.25) is 4.79 Å². The molecule has 0 bridgehead atoms. The predicted molar refractivity (Wildman–Crippen MR) is 257 cm³/mol. The standard InChI is InChI=1S/C53H86O22/c1-23-32(58)41(73-43-38(64)36(62)34(60)27(19-54)70-43)40(66)45(69-23)74-42-33(59)26(57)21-68-46(42)72-31-11-12-49(4)29(50(31,5)22-56)10-13-52(7)30(49)9-8-24-25-18-48(2,3)14-16-53(25,17-15-51(24,52)6)47(67)75-44-39(65)37(63)35(61)28(20-55)71-44/h8,23,25-46,54-66H,9-22H2,1-7H3/t23-,25+,26-,27-,28-,29+,30+,31-,32-,33+,34-,35-,36+,37+,38-,39-,40-,41+,42-,43+,44+,45+,46+,49-,50-,51+,52+,53+/m0/s1. The highest BCUT2D eigenvalue weighted by molar-refractivity contribution is 5.79. The highest BCUT2D eigenvalue weighted by atomic mass is 16.8. The Morgan fingerprint density at radius 3 is 1.85 bits per heavy atom. The molecule has 4 saturated carbocycles. The van der Waals surface area contributed by atoms with Gasteiger partial charge in [0, 0.05) is 5.41 Å². The number of fused-ring (bicyclic) bond motifs is 7. The van der Waals surface area contributed by atoms with E-state index in [1.807, 2.05) is 6.92 Å². The largest absolute Gasteiger partial charge is 0.432 e. The Kier molecular flexibility index (Phi) is 16.3. The molecule has 8 fully saturated rings. The number of aliphatic hydroxyl groups excluding tert-OH is 13. The maximum atomic E-state index is 14.8. The van der Waals surface area contributed by atoms with Gasteiger partial charge in [0.05, 0.1) is 44.1 Å². The first-order chi connectivity index (χ1) is 35.2. The lowest BCUT2D eigenvalue weighted by atomic mass is 9.33. The molecule has 9 aliphatic rings. The molecular weight excluding hydrogens is 989 g/mol. The van der Waals surface area contributed by atoms with Crippen LogP contribution in [0.3, 0.4) is 0 Å². The van der Waals surface area contributed by atoms with Crippen molar-refractivity contribution in [1.82, 2.24) is 0 Å². The summed E-state index contributed by atoms with van der Waals surface area (Å²) < 4.78 is 47.9. The number of esters is 1. The van der Waals surface area contributed by atoms with Crippen LogP contribution in [0, 0.1) is 50.2 Å². The lowest BCUT2D eigenvalue weighted by Crippen LogP contribution is -2.67. The van der Waals surface area contributed by atoms with Crippen LogP contribution in [0.25, 0.3) is 0 Å². The fourth-order valence-corrected chi connectivity index (χ4v) is 16.2. The van der Waals surface area contributed by atoms with Crippen LogP contribution < -0.4 is 0 Å². The molecule has 0 aromatic carbocycles. The molecule has 22 heteroatoms. The zero-order valence-corrected chi connectivity index (χ0v) is 44.2. The molecule has 0 spiro atoms. The molecule has 4 aliphatic heterocycles. The second kappa shape index (κ2) is 21.1. The Balaban J connectivity index is 0.936. The number of carbonyl (C=O) groups excluding carboxylic acids is 1. The fraction of sp³-hybridized carbons (Fsp3) is 0.943. The van der Waals surface area contributed by atoms with Crippen LogP contribution in [0.15, 0.2) is 11.6 Å². The van der Waals surface area contributed by atoms with Crippen LogP contribution in [0.1, 0.15) is 113 Å². The van der Waals surface area contributed by atoms with E-state index in [9.17, 15) is 71.2 Å². The van der Waals surface area contributed by atoms with Crippen molar-refractivity contribution in [2.24, 2.45) is 50.2 Å². The van der Waals surface area contributed by atoms with Crippen molar-refractivity contribution < 1.29 is 109 Å². The summed E-state index contributed by atoms with van der Waals surface area (Å²) in [6.45, 7) is 13.0. The smallest absolute Gasteiger partial charge is 0.315 e. The molecule has 0 aromatic heterocycles. The highest BCUT2D eigenvalue weighted by Crippen LogP contribution is 2.76. The van der Waals surface area contributed by atoms with Gasteiger partial charge in [-0.1, -0.05) is 53.2 Å². The van der Waals surface area contributed by atoms with E-state index < -0.39 is 153 Å². The molecule has 28 atom stereocenters. The van der Waals surface area contributed by atoms with E-state index >= 15 is 0 Å². The van der Waals surface area contributed by atoms with Crippen LogP contribution in [-0.4, -0.2) is 222 Å². The average Bonchev–Trinajstić information content (AvgIpc) is 3.37. The molecule has 9 rings (SSSR count). The number of hydrogen-bond donors (Lipinski definition) is 13. The molecular formula is C53H86O22. The van der Waals surface area contributed by atoms with E-state index in [4.69, 9.17) is 37.9 Å². The lowest BCUT2D eigenvalue weighted by molar-refractivity contribution is -0.383. The SMILES string of the molecule is C[C@@H]1O[C@H](O[C@@H]2[C@@H](O[C@H]3CC[C@@]4(C)[C@@H](CC[C@]5(C)[C@@H]4CC=C4[C@H]6CC(C)(C)CC[C@@]6(C(=O)O[C@H]6O[C@@H](CO)[C@H](O)[C@@H](O)[C@@H]6O)CC[C@]45C)[C@]3(C)CO)OC[C@H](O)[C@H]2O)[C@@H](O)[C@H](O[C@H]2O[C@@H](CO)[C@H](O)[C@@H](O)[C@@H]2O)[C@H]1O. The van der Waals surface area contributed by atoms with Gasteiger partial charge in [-0.05, 0) is 111 Å². The third-order valence-electron chi connectivity index (χ3n) is 21.1. The lowest BCUT2D eigenvalue weighted by Gasteiger charge is -2.71. The van der Waals surface area contributed by atoms with E-state index in [1.54, 1.807) is 0 Å². The summed E-state index contributed by atoms with van der Waals surface area (Å²) in [5, 5.41) is 139. The van der Waals surface area contributed by atoms with Gasteiger partial charge in [-0.2, -0.15) is 0 Å². The van der Waals surface area contributed by atoms with E-state index in [0.717, 1.165) is 32.1 Å². The molecule has 5 aliphatic carbocycles. The summed E-state index contributed by atoms with van der Waals surface area (Å²) in [4.78, 5) is 14.8. The van der Waals surface area contributed by atoms with Gasteiger partial charge in [0.2, 0.25) is 6.29 Å². The minimum Gasteiger partial charge on any atom is -0.432 e. The molecule has 4 heterocycles. The normalized spacial score (nSPS) is 54.8. The molecule has 22 nitrogen and oxygen atoms in total. The van der Waals surface area contributed by atoms with Crippen LogP contribution >= 0.6 is 0 Å². The Morgan fingerprint density at radius 1 is 0.613 bits per heavy atom. The van der Waals surface area contributed by atoms with Crippen molar-refractivity contribution in [2.75, 3.05) is 26.4 Å². The summed E-state index contributed by atoms with van der Waals surface area (Å²) in [6, 6.07) is 0. The quantitative estimate of drug-likeness (QED) is 0.0643. The minimum absolute atomic E-state index is 0.0696. The molecule has 0 amide bonds. The van der Waals surface area contributed by atoms with Crippen molar-refractivity contribution in [1.29, 1.82) is 0 Å². The Bertz CT molecular complexity index is 2060. The maximum Gasteiger partial charge on any atom is 0.315 e. The van der Waals surface area contributed by atoms with Crippen LogP contribution in [0.5, 0.6) is 0 Å².